The maximum atomic E-state index is 12.0. The minimum atomic E-state index is -4.36. The number of nitrogens with zero attached hydrogens (tertiary/aromatic N) is 1. The fourth-order valence-electron chi connectivity index (χ4n) is 2.09. The molecule has 1 fully saturated rings. The Balaban J connectivity index is 1.93. The van der Waals surface area contributed by atoms with Gasteiger partial charge in [0.15, 0.2) is 0 Å². The van der Waals surface area contributed by atoms with E-state index in [4.69, 9.17) is 11.6 Å². The van der Waals surface area contributed by atoms with E-state index >= 15 is 0 Å². The van der Waals surface area contributed by atoms with Crippen molar-refractivity contribution < 1.29 is 22.7 Å². The Morgan fingerprint density at radius 1 is 1.33 bits per heavy atom. The van der Waals surface area contributed by atoms with Crippen LogP contribution < -0.4 is 5.32 Å². The molecule has 1 aromatic carbocycles. The molecule has 1 amide bonds. The van der Waals surface area contributed by atoms with Crippen LogP contribution in [0.4, 0.5) is 13.2 Å². The Morgan fingerprint density at radius 2 is 2.00 bits per heavy atom. The van der Waals surface area contributed by atoms with Gasteiger partial charge >= 0.3 is 6.18 Å². The zero-order valence-corrected chi connectivity index (χ0v) is 11.7. The van der Waals surface area contributed by atoms with E-state index in [1.54, 1.807) is 24.3 Å². The molecule has 0 saturated carbocycles. The van der Waals surface area contributed by atoms with E-state index in [2.05, 4.69) is 10.1 Å². The Kier molecular flexibility index (Phi) is 5.08. The van der Waals surface area contributed by atoms with Crippen molar-refractivity contribution in [3.63, 3.8) is 0 Å². The van der Waals surface area contributed by atoms with Gasteiger partial charge in [-0.3, -0.25) is 10.1 Å². The monoisotopic (exact) mass is 322 g/mol. The predicted molar refractivity (Wildman–Crippen MR) is 70.8 cm³/mol. The number of alkyl halides is 3. The van der Waals surface area contributed by atoms with E-state index in [1.165, 1.54) is 4.90 Å². The highest BCUT2D eigenvalue weighted by molar-refractivity contribution is 6.30. The van der Waals surface area contributed by atoms with E-state index in [9.17, 15) is 18.0 Å². The number of ether oxygens (including phenoxy) is 1. The lowest BCUT2D eigenvalue weighted by Crippen LogP contribution is -2.34. The molecule has 1 aliphatic heterocycles. The minimum Gasteiger partial charge on any atom is -0.370 e. The zero-order chi connectivity index (χ0) is 15.5. The van der Waals surface area contributed by atoms with Crippen molar-refractivity contribution in [1.82, 2.24) is 10.2 Å². The topological polar surface area (TPSA) is 41.6 Å². The second kappa shape index (κ2) is 6.64. The summed E-state index contributed by atoms with van der Waals surface area (Å²) in [6.07, 6.45) is -4.73. The quantitative estimate of drug-likeness (QED) is 0.846. The molecule has 1 aromatic rings. The summed E-state index contributed by atoms with van der Waals surface area (Å²) in [7, 11) is 0. The van der Waals surface area contributed by atoms with Crippen LogP contribution in [0.25, 0.3) is 0 Å². The van der Waals surface area contributed by atoms with Gasteiger partial charge in [0.2, 0.25) is 5.91 Å². The molecule has 0 bridgehead atoms. The van der Waals surface area contributed by atoms with Crippen molar-refractivity contribution in [1.29, 1.82) is 0 Å². The largest absolute Gasteiger partial charge is 0.411 e. The number of carbonyl (C=O) groups excluding carboxylic acids is 1. The van der Waals surface area contributed by atoms with E-state index in [0.29, 0.717) is 5.02 Å². The van der Waals surface area contributed by atoms with Gasteiger partial charge in [-0.2, -0.15) is 13.2 Å². The average molecular weight is 323 g/mol. The molecule has 1 aliphatic rings. The minimum absolute atomic E-state index is 0.0925. The first kappa shape index (κ1) is 16.1. The first-order chi connectivity index (χ1) is 9.87. The molecule has 1 N–H and O–H groups in total. The molecule has 0 aromatic heterocycles. The van der Waals surface area contributed by atoms with Gasteiger partial charge in [0, 0.05) is 11.6 Å². The number of carbonyl (C=O) groups is 1. The molecule has 1 atom stereocenters. The molecule has 21 heavy (non-hydrogen) atoms. The fraction of sp³-hybridized carbons (Fsp3) is 0.462. The molecule has 0 radical (unpaired) electrons. The smallest absolute Gasteiger partial charge is 0.370 e. The van der Waals surface area contributed by atoms with E-state index in [1.807, 2.05) is 0 Å². The summed E-state index contributed by atoms with van der Waals surface area (Å²) >= 11 is 5.80. The molecule has 8 heteroatoms. The summed E-state index contributed by atoms with van der Waals surface area (Å²) in [6.45, 7) is -1.24. The van der Waals surface area contributed by atoms with Gasteiger partial charge in [-0.1, -0.05) is 23.7 Å². The Morgan fingerprint density at radius 3 is 2.62 bits per heavy atom. The van der Waals surface area contributed by atoms with Crippen molar-refractivity contribution in [3.8, 4) is 0 Å². The van der Waals surface area contributed by atoms with Crippen LogP contribution in [-0.2, 0) is 9.53 Å². The molecule has 4 nitrogen and oxygen atoms in total. The van der Waals surface area contributed by atoms with E-state index in [0.717, 1.165) is 5.56 Å². The third-order valence-electron chi connectivity index (χ3n) is 3.01. The summed E-state index contributed by atoms with van der Waals surface area (Å²) in [5, 5.41) is 3.58. The number of nitrogens with one attached hydrogen (secondary N) is 1. The van der Waals surface area contributed by atoms with Crippen molar-refractivity contribution in [2.24, 2.45) is 0 Å². The maximum absolute atomic E-state index is 12.0. The number of rotatable bonds is 5. The van der Waals surface area contributed by atoms with Gasteiger partial charge < -0.3 is 9.64 Å². The molecule has 2 rings (SSSR count). The Bertz CT molecular complexity index is 493. The standard InChI is InChI=1S/C13H14ClF3N2O2/c14-10-3-1-9(2-4-10)12-18-7-11(20)19(12)5-6-21-8-13(15,16)17/h1-4,12,18H,5-8H2. The second-order valence-corrected chi connectivity index (χ2v) is 5.03. The van der Waals surface area contributed by atoms with Crippen molar-refractivity contribution in [2.75, 3.05) is 26.3 Å². The maximum Gasteiger partial charge on any atom is 0.411 e. The number of halogens is 4. The Hall–Kier alpha value is -1.31. The van der Waals surface area contributed by atoms with Crippen LogP contribution in [-0.4, -0.2) is 43.3 Å². The molecule has 1 unspecified atom stereocenters. The van der Waals surface area contributed by atoms with Crippen LogP contribution in [0.15, 0.2) is 24.3 Å². The lowest BCUT2D eigenvalue weighted by molar-refractivity contribution is -0.175. The fourth-order valence-corrected chi connectivity index (χ4v) is 2.21. The summed E-state index contributed by atoms with van der Waals surface area (Å²) < 4.78 is 40.5. The van der Waals surface area contributed by atoms with Crippen LogP contribution in [0, 0.1) is 0 Å². The number of hydrogen-bond acceptors (Lipinski definition) is 3. The highest BCUT2D eigenvalue weighted by atomic mass is 35.5. The Labute approximate surface area is 124 Å². The predicted octanol–water partition coefficient (Wildman–Crippen LogP) is 2.35. The molecule has 1 saturated heterocycles. The van der Waals surface area contributed by atoms with Gasteiger partial charge in [0.05, 0.1) is 13.2 Å². The third kappa shape index (κ3) is 4.59. The first-order valence-corrected chi connectivity index (χ1v) is 6.67. The van der Waals surface area contributed by atoms with Gasteiger partial charge in [-0.05, 0) is 17.7 Å². The normalized spacial score (nSPS) is 19.3. The molecule has 1 heterocycles. The zero-order valence-electron chi connectivity index (χ0n) is 11.0. The van der Waals surface area contributed by atoms with Crippen molar-refractivity contribution >= 4 is 17.5 Å². The number of amides is 1. The molecular weight excluding hydrogens is 309 g/mol. The van der Waals surface area contributed by atoms with Crippen molar-refractivity contribution in [2.45, 2.75) is 12.3 Å². The SMILES string of the molecule is O=C1CNC(c2ccc(Cl)cc2)N1CCOCC(F)(F)F. The highest BCUT2D eigenvalue weighted by Gasteiger charge is 2.32. The summed E-state index contributed by atoms with van der Waals surface area (Å²) in [5.74, 6) is -0.175. The van der Waals surface area contributed by atoms with Crippen LogP contribution >= 0.6 is 11.6 Å². The molecular formula is C13H14ClF3N2O2. The van der Waals surface area contributed by atoms with E-state index < -0.39 is 12.8 Å². The molecule has 0 spiro atoms. The second-order valence-electron chi connectivity index (χ2n) is 4.59. The number of hydrogen-bond donors (Lipinski definition) is 1. The highest BCUT2D eigenvalue weighted by Crippen LogP contribution is 2.23. The van der Waals surface area contributed by atoms with Crippen LogP contribution in [0.2, 0.25) is 5.02 Å². The van der Waals surface area contributed by atoms with Gasteiger partial charge in [-0.25, -0.2) is 0 Å². The lowest BCUT2D eigenvalue weighted by Gasteiger charge is -2.24. The van der Waals surface area contributed by atoms with Crippen LogP contribution in [0.3, 0.4) is 0 Å². The van der Waals surface area contributed by atoms with Gasteiger partial charge in [0.25, 0.3) is 0 Å². The van der Waals surface area contributed by atoms with E-state index in [-0.39, 0.29) is 31.8 Å². The summed E-state index contributed by atoms with van der Waals surface area (Å²) in [4.78, 5) is 13.2. The summed E-state index contributed by atoms with van der Waals surface area (Å²) in [6, 6.07) is 6.92. The first-order valence-electron chi connectivity index (χ1n) is 6.29. The summed E-state index contributed by atoms with van der Waals surface area (Å²) in [5.41, 5.74) is 0.820. The van der Waals surface area contributed by atoms with Gasteiger partial charge in [0.1, 0.15) is 12.8 Å². The van der Waals surface area contributed by atoms with Gasteiger partial charge in [-0.15, -0.1) is 0 Å². The van der Waals surface area contributed by atoms with Crippen LogP contribution in [0.5, 0.6) is 0 Å². The van der Waals surface area contributed by atoms with Crippen molar-refractivity contribution in [3.05, 3.63) is 34.9 Å². The molecule has 116 valence electrons. The van der Waals surface area contributed by atoms with Crippen LogP contribution in [0.1, 0.15) is 11.7 Å². The lowest BCUT2D eigenvalue weighted by atomic mass is 10.1. The average Bonchev–Trinajstić information content (AvgIpc) is 2.76. The molecule has 0 aliphatic carbocycles. The number of benzene rings is 1. The third-order valence-corrected chi connectivity index (χ3v) is 3.26.